The van der Waals surface area contributed by atoms with E-state index in [1.165, 1.54) is 7.11 Å². The van der Waals surface area contributed by atoms with Gasteiger partial charge in [-0.15, -0.1) is 0 Å². The monoisotopic (exact) mass is 254 g/mol. The van der Waals surface area contributed by atoms with Gasteiger partial charge in [0.25, 0.3) is 0 Å². The molecule has 18 heavy (non-hydrogen) atoms. The number of aromatic nitrogens is 3. The van der Waals surface area contributed by atoms with Crippen LogP contribution in [-0.2, 0) is 4.79 Å². The van der Waals surface area contributed by atoms with Gasteiger partial charge in [0.2, 0.25) is 17.8 Å². The normalized spacial score (nSPS) is 9.78. The third-order valence-corrected chi connectivity index (χ3v) is 2.32. The largest absolute Gasteiger partial charge is 0.467 e. The average molecular weight is 254 g/mol. The third kappa shape index (κ3) is 3.72. The van der Waals surface area contributed by atoms with Crippen LogP contribution in [0.15, 0.2) is 0 Å². The number of methoxy groups -OCH3 is 1. The maximum atomic E-state index is 11.6. The van der Waals surface area contributed by atoms with Crippen molar-refractivity contribution in [2.45, 2.75) is 6.92 Å². The minimum absolute atomic E-state index is 0.0390. The molecule has 0 saturated heterocycles. The lowest BCUT2D eigenvalue weighted by Crippen LogP contribution is -2.32. The highest BCUT2D eigenvalue weighted by Crippen LogP contribution is 2.09. The maximum absolute atomic E-state index is 11.6. The number of hydrogen-bond donors (Lipinski definition) is 2. The fourth-order valence-corrected chi connectivity index (χ4v) is 1.10. The molecule has 1 aromatic heterocycles. The van der Waals surface area contributed by atoms with Gasteiger partial charge in [-0.3, -0.25) is 4.79 Å². The number of carbonyl (C=O) groups is 1. The molecular formula is C10H18N6O2. The Morgan fingerprint density at radius 1 is 1.33 bits per heavy atom. The number of amides is 1. The molecule has 0 saturated carbocycles. The van der Waals surface area contributed by atoms with Gasteiger partial charge in [-0.05, 0) is 6.92 Å². The van der Waals surface area contributed by atoms with Crippen LogP contribution >= 0.6 is 0 Å². The maximum Gasteiger partial charge on any atom is 0.322 e. The second kappa shape index (κ2) is 6.58. The van der Waals surface area contributed by atoms with Crippen LogP contribution in [0.1, 0.15) is 6.92 Å². The van der Waals surface area contributed by atoms with E-state index in [9.17, 15) is 4.79 Å². The first-order valence-electron chi connectivity index (χ1n) is 5.56. The van der Waals surface area contributed by atoms with Gasteiger partial charge >= 0.3 is 6.01 Å². The van der Waals surface area contributed by atoms with Crippen molar-refractivity contribution in [2.75, 3.05) is 44.9 Å². The van der Waals surface area contributed by atoms with Crippen LogP contribution in [0.25, 0.3) is 0 Å². The lowest BCUT2D eigenvalue weighted by molar-refractivity contribution is -0.127. The summed E-state index contributed by atoms with van der Waals surface area (Å²) in [5.74, 6) is 0.632. The summed E-state index contributed by atoms with van der Waals surface area (Å²) in [5, 5.41) is 5.62. The van der Waals surface area contributed by atoms with Gasteiger partial charge < -0.3 is 20.3 Å². The van der Waals surface area contributed by atoms with Gasteiger partial charge in [-0.25, -0.2) is 0 Å². The summed E-state index contributed by atoms with van der Waals surface area (Å²) < 4.78 is 4.94. The van der Waals surface area contributed by atoms with Crippen LogP contribution in [0.4, 0.5) is 11.9 Å². The number of carbonyl (C=O) groups excluding carboxylic acids is 1. The van der Waals surface area contributed by atoms with E-state index >= 15 is 0 Å². The Morgan fingerprint density at radius 2 is 2.00 bits per heavy atom. The molecule has 0 aromatic carbocycles. The van der Waals surface area contributed by atoms with Crippen LogP contribution in [0, 0.1) is 0 Å². The first kappa shape index (κ1) is 13.9. The zero-order valence-electron chi connectivity index (χ0n) is 11.0. The second-order valence-corrected chi connectivity index (χ2v) is 3.48. The number of likely N-dealkylation sites (N-methyl/N-ethyl adjacent to an activating group) is 1. The molecule has 100 valence electrons. The molecule has 8 nitrogen and oxygen atoms in total. The lowest BCUT2D eigenvalue weighted by atomic mass is 10.5. The van der Waals surface area contributed by atoms with E-state index in [0.717, 1.165) is 0 Å². The summed E-state index contributed by atoms with van der Waals surface area (Å²) in [7, 11) is 4.89. The van der Waals surface area contributed by atoms with Crippen molar-refractivity contribution < 1.29 is 9.53 Å². The summed E-state index contributed by atoms with van der Waals surface area (Å²) in [4.78, 5) is 25.2. The van der Waals surface area contributed by atoms with Crippen LogP contribution in [0.3, 0.4) is 0 Å². The molecule has 0 radical (unpaired) electrons. The smallest absolute Gasteiger partial charge is 0.322 e. The molecule has 1 amide bonds. The topological polar surface area (TPSA) is 92.3 Å². The molecule has 0 atom stereocenters. The predicted molar refractivity (Wildman–Crippen MR) is 67.7 cm³/mol. The highest BCUT2D eigenvalue weighted by Gasteiger charge is 2.09. The molecule has 2 N–H and O–H groups in total. The molecule has 0 fully saturated rings. The molecule has 0 aliphatic carbocycles. The molecular weight excluding hydrogens is 236 g/mol. The molecule has 1 heterocycles. The van der Waals surface area contributed by atoms with Gasteiger partial charge in [0.05, 0.1) is 13.7 Å². The van der Waals surface area contributed by atoms with E-state index in [4.69, 9.17) is 4.74 Å². The molecule has 0 aliphatic rings. The van der Waals surface area contributed by atoms with Crippen molar-refractivity contribution in [3.05, 3.63) is 0 Å². The SMILES string of the molecule is CCN(C)C(=O)CNc1nc(NC)nc(OC)n1. The van der Waals surface area contributed by atoms with Crippen LogP contribution in [-0.4, -0.2) is 60.1 Å². The molecule has 0 bridgehead atoms. The molecule has 1 aromatic rings. The van der Waals surface area contributed by atoms with E-state index in [-0.39, 0.29) is 18.5 Å². The van der Waals surface area contributed by atoms with Crippen molar-refractivity contribution in [1.29, 1.82) is 0 Å². The third-order valence-electron chi connectivity index (χ3n) is 2.32. The van der Waals surface area contributed by atoms with Gasteiger partial charge in [0, 0.05) is 20.6 Å². The van der Waals surface area contributed by atoms with Gasteiger partial charge in [-0.2, -0.15) is 15.0 Å². The highest BCUT2D eigenvalue weighted by molar-refractivity contribution is 5.80. The van der Waals surface area contributed by atoms with E-state index < -0.39 is 0 Å². The van der Waals surface area contributed by atoms with Gasteiger partial charge in [-0.1, -0.05) is 0 Å². The first-order valence-corrected chi connectivity index (χ1v) is 5.56. The predicted octanol–water partition coefficient (Wildman–Crippen LogP) is -0.188. The molecule has 8 heteroatoms. The Kier molecular flexibility index (Phi) is 5.09. The lowest BCUT2D eigenvalue weighted by Gasteiger charge is -2.14. The second-order valence-electron chi connectivity index (χ2n) is 3.48. The quantitative estimate of drug-likeness (QED) is 0.727. The van der Waals surface area contributed by atoms with Crippen molar-refractivity contribution in [3.63, 3.8) is 0 Å². The zero-order chi connectivity index (χ0) is 13.5. The first-order chi connectivity index (χ1) is 8.60. The van der Waals surface area contributed by atoms with E-state index in [1.54, 1.807) is 19.0 Å². The van der Waals surface area contributed by atoms with Crippen molar-refractivity contribution >= 4 is 17.8 Å². The molecule has 0 unspecified atom stereocenters. The fourth-order valence-electron chi connectivity index (χ4n) is 1.10. The van der Waals surface area contributed by atoms with Crippen molar-refractivity contribution in [3.8, 4) is 6.01 Å². The van der Waals surface area contributed by atoms with Crippen molar-refractivity contribution in [2.24, 2.45) is 0 Å². The van der Waals surface area contributed by atoms with Crippen LogP contribution in [0.5, 0.6) is 6.01 Å². The number of rotatable bonds is 6. The zero-order valence-corrected chi connectivity index (χ0v) is 11.0. The van der Waals surface area contributed by atoms with Crippen molar-refractivity contribution in [1.82, 2.24) is 19.9 Å². The average Bonchev–Trinajstić information content (AvgIpc) is 2.43. The van der Waals surface area contributed by atoms with Gasteiger partial charge in [0.15, 0.2) is 0 Å². The standard InChI is InChI=1S/C10H18N6O2/c1-5-16(3)7(17)6-12-9-13-8(11-2)14-10(15-9)18-4/h5-6H2,1-4H3,(H2,11,12,13,14,15). The number of anilines is 2. The van der Waals surface area contributed by atoms with Crippen LogP contribution < -0.4 is 15.4 Å². The summed E-state index contributed by atoms with van der Waals surface area (Å²) in [6, 6.07) is 0.188. The minimum atomic E-state index is -0.0390. The molecule has 1 rings (SSSR count). The Hall–Kier alpha value is -2.12. The number of hydrogen-bond acceptors (Lipinski definition) is 7. The Bertz CT molecular complexity index is 389. The Balaban J connectivity index is 2.69. The summed E-state index contributed by atoms with van der Waals surface area (Å²) in [6.45, 7) is 2.69. The minimum Gasteiger partial charge on any atom is -0.467 e. The number of nitrogens with one attached hydrogen (secondary N) is 2. The van der Waals surface area contributed by atoms with Gasteiger partial charge in [0.1, 0.15) is 0 Å². The Morgan fingerprint density at radius 3 is 2.56 bits per heavy atom. The number of ether oxygens (including phenoxy) is 1. The molecule has 0 spiro atoms. The summed E-state index contributed by atoms with van der Waals surface area (Å²) >= 11 is 0. The van der Waals surface area contributed by atoms with E-state index in [0.29, 0.717) is 18.4 Å². The fraction of sp³-hybridized carbons (Fsp3) is 0.600. The van der Waals surface area contributed by atoms with E-state index in [2.05, 4.69) is 25.6 Å². The van der Waals surface area contributed by atoms with E-state index in [1.807, 2.05) is 6.92 Å². The summed E-state index contributed by atoms with van der Waals surface area (Å²) in [6.07, 6.45) is 0. The van der Waals surface area contributed by atoms with Crippen LogP contribution in [0.2, 0.25) is 0 Å². The molecule has 0 aliphatic heterocycles. The summed E-state index contributed by atoms with van der Waals surface area (Å²) in [5.41, 5.74) is 0. The Labute approximate surface area is 106 Å². The highest BCUT2D eigenvalue weighted by atomic mass is 16.5. The number of nitrogens with zero attached hydrogens (tertiary/aromatic N) is 4.